The van der Waals surface area contributed by atoms with E-state index in [-0.39, 0.29) is 5.56 Å². The van der Waals surface area contributed by atoms with Crippen molar-refractivity contribution in [2.24, 2.45) is 0 Å². The first-order valence-corrected chi connectivity index (χ1v) is 8.31. The van der Waals surface area contributed by atoms with Crippen LogP contribution in [0.25, 0.3) is 22.5 Å². The molecule has 4 rings (SSSR count). The molecule has 26 heavy (non-hydrogen) atoms. The highest BCUT2D eigenvalue weighted by molar-refractivity contribution is 5.91. The molecule has 0 radical (unpaired) electrons. The fourth-order valence-electron chi connectivity index (χ4n) is 3.32. The molecular weight excluding hydrogens is 328 g/mol. The second-order valence-corrected chi connectivity index (χ2v) is 6.36. The lowest BCUT2D eigenvalue weighted by Gasteiger charge is -2.14. The zero-order valence-corrected chi connectivity index (χ0v) is 14.8. The third-order valence-electron chi connectivity index (χ3n) is 4.58. The summed E-state index contributed by atoms with van der Waals surface area (Å²) in [4.78, 5) is 16.5. The Morgan fingerprint density at radius 1 is 1.04 bits per heavy atom. The normalized spacial score (nSPS) is 11.2. The second kappa shape index (κ2) is 5.84. The number of benzene rings is 1. The molecule has 0 fully saturated rings. The first-order chi connectivity index (χ1) is 12.5. The van der Waals surface area contributed by atoms with E-state index in [0.29, 0.717) is 11.6 Å². The maximum atomic E-state index is 11.8. The Kier molecular flexibility index (Phi) is 3.61. The Labute approximate surface area is 150 Å². The van der Waals surface area contributed by atoms with Crippen LogP contribution in [0.1, 0.15) is 27.3 Å². The molecule has 0 aliphatic rings. The molecule has 4 aromatic rings. The van der Waals surface area contributed by atoms with Crippen molar-refractivity contribution in [3.05, 3.63) is 71.2 Å². The van der Waals surface area contributed by atoms with E-state index in [0.717, 1.165) is 27.9 Å². The molecule has 3 aromatic heterocycles. The lowest BCUT2D eigenvalue weighted by Crippen LogP contribution is -2.13. The molecule has 0 saturated carbocycles. The highest BCUT2D eigenvalue weighted by atomic mass is 16.4. The predicted molar refractivity (Wildman–Crippen MR) is 99.4 cm³/mol. The monoisotopic (exact) mass is 346 g/mol. The summed E-state index contributed by atoms with van der Waals surface area (Å²) in [6.45, 7) is 5.89. The predicted octanol–water partition coefficient (Wildman–Crippen LogP) is 3.83. The van der Waals surface area contributed by atoms with E-state index in [2.05, 4.69) is 5.10 Å². The number of pyridine rings is 1. The van der Waals surface area contributed by atoms with Crippen LogP contribution in [0, 0.1) is 20.8 Å². The van der Waals surface area contributed by atoms with E-state index >= 15 is 0 Å². The number of nitrogens with zero attached hydrogens (tertiary/aromatic N) is 4. The van der Waals surface area contributed by atoms with E-state index in [1.54, 1.807) is 4.68 Å². The SMILES string of the molecule is Cc1cc(-n2ncc(C(=O)O)c2-n2c(C)ccc2C)nc2ccccc12. The Balaban J connectivity index is 2.03. The van der Waals surface area contributed by atoms with Crippen molar-refractivity contribution in [3.8, 4) is 11.6 Å². The number of carbonyl (C=O) groups is 1. The lowest BCUT2D eigenvalue weighted by molar-refractivity contribution is 0.0697. The number of hydrogen-bond acceptors (Lipinski definition) is 3. The van der Waals surface area contributed by atoms with Gasteiger partial charge in [-0.2, -0.15) is 9.78 Å². The molecule has 0 atom stereocenters. The fraction of sp³-hybridized carbons (Fsp3) is 0.150. The Bertz CT molecular complexity index is 1130. The average Bonchev–Trinajstić information content (AvgIpc) is 3.18. The number of aromatic nitrogens is 4. The van der Waals surface area contributed by atoms with E-state index in [1.807, 2.05) is 67.8 Å². The van der Waals surface area contributed by atoms with Crippen LogP contribution in [0.3, 0.4) is 0 Å². The highest BCUT2D eigenvalue weighted by Crippen LogP contribution is 2.25. The summed E-state index contributed by atoms with van der Waals surface area (Å²) in [6, 6.07) is 13.7. The van der Waals surface area contributed by atoms with Gasteiger partial charge in [-0.15, -0.1) is 0 Å². The minimum absolute atomic E-state index is 0.139. The number of hydrogen-bond donors (Lipinski definition) is 1. The zero-order valence-electron chi connectivity index (χ0n) is 14.8. The largest absolute Gasteiger partial charge is 0.477 e. The molecule has 6 heteroatoms. The molecule has 1 aromatic carbocycles. The molecule has 1 N–H and O–H groups in total. The van der Waals surface area contributed by atoms with E-state index in [4.69, 9.17) is 4.98 Å². The summed E-state index contributed by atoms with van der Waals surface area (Å²) in [7, 11) is 0. The van der Waals surface area contributed by atoms with Gasteiger partial charge in [-0.05, 0) is 50.6 Å². The van der Waals surface area contributed by atoms with Crippen molar-refractivity contribution in [1.29, 1.82) is 0 Å². The van der Waals surface area contributed by atoms with Crippen LogP contribution in [-0.2, 0) is 0 Å². The van der Waals surface area contributed by atoms with Gasteiger partial charge in [-0.25, -0.2) is 9.78 Å². The molecule has 0 saturated heterocycles. The number of fused-ring (bicyclic) bond motifs is 1. The van der Waals surface area contributed by atoms with Crippen LogP contribution in [0.5, 0.6) is 0 Å². The van der Waals surface area contributed by atoms with Crippen LogP contribution in [0.4, 0.5) is 0 Å². The number of carboxylic acid groups (broad SMARTS) is 1. The molecule has 6 nitrogen and oxygen atoms in total. The smallest absolute Gasteiger partial charge is 0.341 e. The summed E-state index contributed by atoms with van der Waals surface area (Å²) < 4.78 is 3.49. The Hall–Kier alpha value is -3.41. The number of aryl methyl sites for hydroxylation is 3. The van der Waals surface area contributed by atoms with Gasteiger partial charge in [0.1, 0.15) is 5.56 Å². The minimum Gasteiger partial charge on any atom is -0.477 e. The van der Waals surface area contributed by atoms with Gasteiger partial charge in [0, 0.05) is 16.8 Å². The maximum Gasteiger partial charge on any atom is 0.341 e. The zero-order chi connectivity index (χ0) is 18.4. The standard InChI is InChI=1S/C20H18N4O2/c1-12-10-18(22-17-7-5-4-6-15(12)17)24-19(16(11-21-24)20(25)26)23-13(2)8-9-14(23)3/h4-11H,1-3H3,(H,25,26). The molecule has 130 valence electrons. The summed E-state index contributed by atoms with van der Waals surface area (Å²) in [5, 5.41) is 15.1. The van der Waals surface area contributed by atoms with Crippen LogP contribution in [0.15, 0.2) is 48.7 Å². The van der Waals surface area contributed by atoms with Crippen molar-refractivity contribution < 1.29 is 9.90 Å². The third-order valence-corrected chi connectivity index (χ3v) is 4.58. The number of carboxylic acids is 1. The molecular formula is C20H18N4O2. The van der Waals surface area contributed by atoms with Gasteiger partial charge in [0.25, 0.3) is 0 Å². The van der Waals surface area contributed by atoms with Gasteiger partial charge in [0.2, 0.25) is 0 Å². The molecule has 0 aliphatic carbocycles. The van der Waals surface area contributed by atoms with Crippen molar-refractivity contribution in [3.63, 3.8) is 0 Å². The first-order valence-electron chi connectivity index (χ1n) is 8.31. The van der Waals surface area contributed by atoms with Gasteiger partial charge in [-0.1, -0.05) is 18.2 Å². The topological polar surface area (TPSA) is 72.9 Å². The van der Waals surface area contributed by atoms with Crippen molar-refractivity contribution in [1.82, 2.24) is 19.3 Å². The maximum absolute atomic E-state index is 11.8. The van der Waals surface area contributed by atoms with Crippen LogP contribution < -0.4 is 0 Å². The molecule has 0 amide bonds. The van der Waals surface area contributed by atoms with Gasteiger partial charge in [0.05, 0.1) is 11.7 Å². The summed E-state index contributed by atoms with van der Waals surface area (Å²) >= 11 is 0. The van der Waals surface area contributed by atoms with Gasteiger partial charge in [-0.3, -0.25) is 0 Å². The minimum atomic E-state index is -1.02. The molecule has 3 heterocycles. The van der Waals surface area contributed by atoms with Crippen molar-refractivity contribution >= 4 is 16.9 Å². The van der Waals surface area contributed by atoms with E-state index in [9.17, 15) is 9.90 Å². The highest BCUT2D eigenvalue weighted by Gasteiger charge is 2.22. The first kappa shape index (κ1) is 16.1. The van der Waals surface area contributed by atoms with Crippen LogP contribution in [-0.4, -0.2) is 30.4 Å². The van der Waals surface area contributed by atoms with Crippen LogP contribution in [0.2, 0.25) is 0 Å². The number of para-hydroxylation sites is 1. The third kappa shape index (κ3) is 2.38. The summed E-state index contributed by atoms with van der Waals surface area (Å²) in [6.07, 6.45) is 1.38. The second-order valence-electron chi connectivity index (χ2n) is 6.36. The van der Waals surface area contributed by atoms with Crippen molar-refractivity contribution in [2.75, 3.05) is 0 Å². The molecule has 0 aliphatic heterocycles. The molecule has 0 unspecified atom stereocenters. The van der Waals surface area contributed by atoms with Gasteiger partial charge < -0.3 is 9.67 Å². The van der Waals surface area contributed by atoms with E-state index < -0.39 is 5.97 Å². The molecule has 0 bridgehead atoms. The number of rotatable bonds is 3. The molecule has 0 spiro atoms. The summed E-state index contributed by atoms with van der Waals surface area (Å²) in [5.74, 6) is 0.0622. The number of aromatic carboxylic acids is 1. The Morgan fingerprint density at radius 3 is 2.42 bits per heavy atom. The lowest BCUT2D eigenvalue weighted by atomic mass is 10.1. The fourth-order valence-corrected chi connectivity index (χ4v) is 3.32. The van der Waals surface area contributed by atoms with Gasteiger partial charge in [0.15, 0.2) is 11.6 Å². The van der Waals surface area contributed by atoms with Gasteiger partial charge >= 0.3 is 5.97 Å². The van der Waals surface area contributed by atoms with Crippen LogP contribution >= 0.6 is 0 Å². The Morgan fingerprint density at radius 2 is 1.73 bits per heavy atom. The summed E-state index contributed by atoms with van der Waals surface area (Å²) in [5.41, 5.74) is 3.92. The average molecular weight is 346 g/mol. The quantitative estimate of drug-likeness (QED) is 0.612. The van der Waals surface area contributed by atoms with E-state index in [1.165, 1.54) is 6.20 Å². The van der Waals surface area contributed by atoms with Crippen molar-refractivity contribution in [2.45, 2.75) is 20.8 Å².